The number of para-hydroxylation sites is 3. The zero-order valence-corrected chi connectivity index (χ0v) is 22.6. The highest BCUT2D eigenvalue weighted by atomic mass is 15.1. The first-order valence-corrected chi connectivity index (χ1v) is 14.4. The molecular formula is C39H23N3. The Morgan fingerprint density at radius 2 is 1.05 bits per heavy atom. The van der Waals surface area contributed by atoms with E-state index in [-0.39, 0.29) is 0 Å². The molecule has 42 heavy (non-hydrogen) atoms. The van der Waals surface area contributed by atoms with Gasteiger partial charge < -0.3 is 4.40 Å². The van der Waals surface area contributed by atoms with E-state index in [4.69, 9.17) is 4.98 Å². The normalized spacial score (nSPS) is 12.3. The van der Waals surface area contributed by atoms with Crippen LogP contribution in [0.3, 0.4) is 0 Å². The first-order chi connectivity index (χ1) is 20.9. The lowest BCUT2D eigenvalue weighted by Crippen LogP contribution is -1.99. The number of hydrogen-bond donors (Lipinski definition) is 0. The molecule has 0 fully saturated rings. The lowest BCUT2D eigenvalue weighted by atomic mass is 9.96. The summed E-state index contributed by atoms with van der Waals surface area (Å²) in [5, 5.41) is 10.3. The highest BCUT2D eigenvalue weighted by Gasteiger charge is 2.22. The van der Waals surface area contributed by atoms with Gasteiger partial charge in [-0.3, -0.25) is 4.57 Å². The molecule has 0 N–H and O–H groups in total. The van der Waals surface area contributed by atoms with E-state index in [0.717, 1.165) is 16.9 Å². The smallest absolute Gasteiger partial charge is 0.138 e. The second kappa shape index (κ2) is 7.96. The zero-order chi connectivity index (χ0) is 27.4. The summed E-state index contributed by atoms with van der Waals surface area (Å²) in [6, 6.07) is 48.4. The van der Waals surface area contributed by atoms with Crippen LogP contribution in [0.1, 0.15) is 0 Å². The van der Waals surface area contributed by atoms with Crippen LogP contribution in [0.25, 0.3) is 87.6 Å². The Morgan fingerprint density at radius 3 is 1.90 bits per heavy atom. The number of rotatable bonds is 2. The van der Waals surface area contributed by atoms with Gasteiger partial charge in [0.25, 0.3) is 0 Å². The molecule has 0 atom stereocenters. The van der Waals surface area contributed by atoms with E-state index in [0.29, 0.717) is 0 Å². The molecule has 10 rings (SSSR count). The molecule has 0 saturated carbocycles. The van der Waals surface area contributed by atoms with E-state index in [1.54, 1.807) is 0 Å². The third kappa shape index (κ3) is 2.72. The third-order valence-electron chi connectivity index (χ3n) is 9.08. The van der Waals surface area contributed by atoms with E-state index in [1.165, 1.54) is 70.7 Å². The molecule has 0 amide bonds. The predicted molar refractivity (Wildman–Crippen MR) is 176 cm³/mol. The minimum absolute atomic E-state index is 0.920. The van der Waals surface area contributed by atoms with Crippen LogP contribution in [0.2, 0.25) is 0 Å². The largest absolute Gasteiger partial charge is 0.308 e. The SMILES string of the molecule is c1ccc(-c2ccnc(-n3c4ccccc4c4c5cccc6c7cccc8c9ccccc9n(c(cc43)c65)c78)c2)cc1. The molecule has 0 unspecified atom stereocenters. The van der Waals surface area contributed by atoms with Gasteiger partial charge in [0.05, 0.1) is 27.6 Å². The molecule has 0 radical (unpaired) electrons. The third-order valence-corrected chi connectivity index (χ3v) is 9.08. The molecule has 6 aromatic carbocycles. The maximum atomic E-state index is 4.95. The molecule has 0 saturated heterocycles. The number of benzene rings is 6. The van der Waals surface area contributed by atoms with E-state index in [2.05, 4.69) is 142 Å². The highest BCUT2D eigenvalue weighted by molar-refractivity contribution is 6.33. The van der Waals surface area contributed by atoms with E-state index >= 15 is 0 Å². The van der Waals surface area contributed by atoms with Crippen LogP contribution in [0, 0.1) is 0 Å². The van der Waals surface area contributed by atoms with Crippen molar-refractivity contribution in [3.8, 4) is 16.9 Å². The Morgan fingerprint density at radius 1 is 0.405 bits per heavy atom. The summed E-state index contributed by atoms with van der Waals surface area (Å²) in [6.07, 6.45) is 1.93. The summed E-state index contributed by atoms with van der Waals surface area (Å²) in [5.41, 5.74) is 8.41. The average molecular weight is 534 g/mol. The summed E-state index contributed by atoms with van der Waals surface area (Å²) in [4.78, 5) is 4.95. The summed E-state index contributed by atoms with van der Waals surface area (Å²) in [6.45, 7) is 0. The molecular weight excluding hydrogens is 510 g/mol. The van der Waals surface area contributed by atoms with Gasteiger partial charge in [-0.15, -0.1) is 0 Å². The van der Waals surface area contributed by atoms with Gasteiger partial charge in [0.15, 0.2) is 0 Å². The molecule has 0 aliphatic heterocycles. The van der Waals surface area contributed by atoms with Crippen molar-refractivity contribution in [3.63, 3.8) is 0 Å². The van der Waals surface area contributed by atoms with Crippen LogP contribution in [-0.4, -0.2) is 14.0 Å². The van der Waals surface area contributed by atoms with Crippen LogP contribution in [-0.2, 0) is 0 Å². The maximum Gasteiger partial charge on any atom is 0.138 e. The fourth-order valence-corrected chi connectivity index (χ4v) is 7.40. The van der Waals surface area contributed by atoms with Crippen LogP contribution in [0.15, 0.2) is 140 Å². The monoisotopic (exact) mass is 533 g/mol. The minimum atomic E-state index is 0.920. The van der Waals surface area contributed by atoms with Gasteiger partial charge in [0, 0.05) is 38.5 Å². The Hall–Kier alpha value is -5.67. The van der Waals surface area contributed by atoms with Crippen LogP contribution in [0.4, 0.5) is 0 Å². The number of aromatic nitrogens is 3. The van der Waals surface area contributed by atoms with Crippen LogP contribution in [0.5, 0.6) is 0 Å². The highest BCUT2D eigenvalue weighted by Crippen LogP contribution is 2.45. The zero-order valence-electron chi connectivity index (χ0n) is 22.6. The standard InChI is InChI=1S/C39H23N3/c1-2-10-24(11-3-1)25-20-21-40-36(22-25)41-33-19-7-5-13-30(33)38-31-17-8-14-27-29-16-9-15-28-26-12-4-6-18-32(26)42(39(28)29)35(37(27)31)23-34(38)41/h1-23H. The van der Waals surface area contributed by atoms with Crippen LogP contribution < -0.4 is 0 Å². The fraction of sp³-hybridized carbons (Fsp3) is 0. The van der Waals surface area contributed by atoms with Crippen molar-refractivity contribution in [3.05, 3.63) is 140 Å². The maximum absolute atomic E-state index is 4.95. The number of nitrogens with zero attached hydrogens (tertiary/aromatic N) is 3. The number of fused-ring (bicyclic) bond motifs is 9. The molecule has 0 aliphatic carbocycles. The van der Waals surface area contributed by atoms with E-state index < -0.39 is 0 Å². The Balaban J connectivity index is 1.45. The fourth-order valence-electron chi connectivity index (χ4n) is 7.40. The molecule has 3 heteroatoms. The summed E-state index contributed by atoms with van der Waals surface area (Å²) >= 11 is 0. The topological polar surface area (TPSA) is 22.2 Å². The Labute approximate surface area is 240 Å². The van der Waals surface area contributed by atoms with Crippen molar-refractivity contribution in [2.24, 2.45) is 0 Å². The molecule has 194 valence electrons. The predicted octanol–water partition coefficient (Wildman–Crippen LogP) is 10.1. The summed E-state index contributed by atoms with van der Waals surface area (Å²) in [5.74, 6) is 0.920. The second-order valence-electron chi connectivity index (χ2n) is 11.2. The minimum Gasteiger partial charge on any atom is -0.308 e. The number of hydrogen-bond acceptors (Lipinski definition) is 1. The van der Waals surface area contributed by atoms with Crippen LogP contribution >= 0.6 is 0 Å². The first kappa shape index (κ1) is 22.1. The lowest BCUT2D eigenvalue weighted by Gasteiger charge is -2.15. The summed E-state index contributed by atoms with van der Waals surface area (Å²) < 4.78 is 4.84. The van der Waals surface area contributed by atoms with Gasteiger partial charge in [-0.1, -0.05) is 103 Å². The molecule has 0 spiro atoms. The van der Waals surface area contributed by atoms with Gasteiger partial charge in [-0.05, 0) is 52.2 Å². The van der Waals surface area contributed by atoms with Gasteiger partial charge >= 0.3 is 0 Å². The van der Waals surface area contributed by atoms with Crippen molar-refractivity contribution in [2.75, 3.05) is 0 Å². The summed E-state index contributed by atoms with van der Waals surface area (Å²) in [7, 11) is 0. The molecule has 3 nitrogen and oxygen atoms in total. The molecule has 0 bridgehead atoms. The van der Waals surface area contributed by atoms with Crippen molar-refractivity contribution in [2.45, 2.75) is 0 Å². The molecule has 10 aromatic rings. The van der Waals surface area contributed by atoms with E-state index in [1.807, 2.05) is 6.20 Å². The van der Waals surface area contributed by atoms with Gasteiger partial charge in [-0.25, -0.2) is 4.98 Å². The van der Waals surface area contributed by atoms with E-state index in [9.17, 15) is 0 Å². The molecule has 4 aromatic heterocycles. The van der Waals surface area contributed by atoms with Crippen molar-refractivity contribution >= 4 is 70.7 Å². The van der Waals surface area contributed by atoms with Crippen molar-refractivity contribution < 1.29 is 0 Å². The molecule has 0 aliphatic rings. The molecule has 4 heterocycles. The van der Waals surface area contributed by atoms with Gasteiger partial charge in [0.2, 0.25) is 0 Å². The van der Waals surface area contributed by atoms with Crippen molar-refractivity contribution in [1.29, 1.82) is 0 Å². The number of pyridine rings is 2. The Bertz CT molecular complexity index is 2670. The van der Waals surface area contributed by atoms with Crippen molar-refractivity contribution in [1.82, 2.24) is 14.0 Å². The quantitative estimate of drug-likeness (QED) is 0.160. The Kier molecular flexibility index (Phi) is 4.18. The second-order valence-corrected chi connectivity index (χ2v) is 11.2. The van der Waals surface area contributed by atoms with Gasteiger partial charge in [0.1, 0.15) is 5.82 Å². The first-order valence-electron chi connectivity index (χ1n) is 14.4. The van der Waals surface area contributed by atoms with Gasteiger partial charge in [-0.2, -0.15) is 0 Å². The lowest BCUT2D eigenvalue weighted by molar-refractivity contribution is 1.08. The average Bonchev–Trinajstić information content (AvgIpc) is 3.58.